The Balaban J connectivity index is 1.49. The molecular weight excluding hydrogens is 462 g/mol. The van der Waals surface area contributed by atoms with E-state index >= 15 is 0 Å². The fourth-order valence-corrected chi connectivity index (χ4v) is 4.98. The third kappa shape index (κ3) is 4.93. The summed E-state index contributed by atoms with van der Waals surface area (Å²) in [6, 6.07) is 12.5. The van der Waals surface area contributed by atoms with E-state index in [2.05, 4.69) is 67.4 Å². The van der Waals surface area contributed by atoms with Crippen LogP contribution in [0.25, 0.3) is 22.2 Å². The van der Waals surface area contributed by atoms with Gasteiger partial charge in [-0.3, -0.25) is 4.79 Å². The number of likely N-dealkylation sites (N-methyl/N-ethyl adjacent to an activating group) is 2. The van der Waals surface area contributed by atoms with Gasteiger partial charge in [0.1, 0.15) is 0 Å². The van der Waals surface area contributed by atoms with E-state index in [9.17, 15) is 4.79 Å². The first kappa shape index (κ1) is 24.5. The second-order valence-corrected chi connectivity index (χ2v) is 9.45. The number of carbonyl (C=O) groups excluding carboxylic acids is 1. The zero-order chi connectivity index (χ0) is 25.9. The van der Waals surface area contributed by atoms with Crippen LogP contribution < -0.4 is 20.9 Å². The summed E-state index contributed by atoms with van der Waals surface area (Å²) in [7, 11) is 3.93. The molecule has 5 rings (SSSR count). The van der Waals surface area contributed by atoms with E-state index in [1.165, 1.54) is 22.5 Å². The molecule has 0 saturated carbocycles. The van der Waals surface area contributed by atoms with Gasteiger partial charge in [-0.1, -0.05) is 24.8 Å². The van der Waals surface area contributed by atoms with Crippen molar-refractivity contribution in [3.05, 3.63) is 72.6 Å². The highest BCUT2D eigenvalue weighted by molar-refractivity contribution is 6.02. The number of para-hydroxylation sites is 1. The molecular formula is C29H33N7O. The van der Waals surface area contributed by atoms with Crippen LogP contribution in [0.5, 0.6) is 0 Å². The minimum Gasteiger partial charge on any atom is -0.372 e. The molecule has 0 spiro atoms. The predicted molar refractivity (Wildman–Crippen MR) is 152 cm³/mol. The minimum atomic E-state index is -0.260. The number of aromatic nitrogens is 3. The van der Waals surface area contributed by atoms with Crippen LogP contribution in [-0.2, 0) is 17.8 Å². The summed E-state index contributed by atoms with van der Waals surface area (Å²) in [6.07, 6.45) is 7.54. The number of hydrogen-bond donors (Lipinski definition) is 3. The van der Waals surface area contributed by atoms with Gasteiger partial charge in [0.05, 0.1) is 22.6 Å². The van der Waals surface area contributed by atoms with Crippen LogP contribution in [0.4, 0.5) is 23.0 Å². The standard InChI is InChI=1S/C29H33N7O/c1-5-27(37)32-25-17-24(19(2)16-26(25)35(4)15-13-30-3)34-29-31-12-11-23(33-29)22-18-36-14-7-9-20-8-6-10-21(22)28(20)36/h5-6,8,10-12,16-18,30H,1,7,9,13-15H2,2-4H3,(H,32,37)(H,31,33,34). The lowest BCUT2D eigenvalue weighted by Gasteiger charge is -2.24. The lowest BCUT2D eigenvalue weighted by Crippen LogP contribution is -2.28. The van der Waals surface area contributed by atoms with Crippen LogP contribution in [0.2, 0.25) is 0 Å². The number of amides is 1. The van der Waals surface area contributed by atoms with Crippen LogP contribution in [0.3, 0.4) is 0 Å². The number of carbonyl (C=O) groups is 1. The van der Waals surface area contributed by atoms with Gasteiger partial charge < -0.3 is 25.4 Å². The molecule has 2 aromatic heterocycles. The molecule has 3 heterocycles. The molecule has 0 bridgehead atoms. The van der Waals surface area contributed by atoms with Crippen molar-refractivity contribution in [1.29, 1.82) is 0 Å². The number of hydrogen-bond acceptors (Lipinski definition) is 6. The average molecular weight is 496 g/mol. The third-order valence-electron chi connectivity index (χ3n) is 6.90. The molecule has 37 heavy (non-hydrogen) atoms. The van der Waals surface area contributed by atoms with Gasteiger partial charge in [0, 0.05) is 55.7 Å². The fourth-order valence-electron chi connectivity index (χ4n) is 4.98. The topological polar surface area (TPSA) is 87.1 Å². The highest BCUT2D eigenvalue weighted by Gasteiger charge is 2.18. The van der Waals surface area contributed by atoms with Crippen molar-refractivity contribution in [3.8, 4) is 11.3 Å². The Labute approximate surface area is 217 Å². The summed E-state index contributed by atoms with van der Waals surface area (Å²) >= 11 is 0. The number of anilines is 4. The predicted octanol–water partition coefficient (Wildman–Crippen LogP) is 4.88. The summed E-state index contributed by atoms with van der Waals surface area (Å²) in [6.45, 7) is 8.27. The highest BCUT2D eigenvalue weighted by atomic mass is 16.1. The minimum absolute atomic E-state index is 0.260. The zero-order valence-electron chi connectivity index (χ0n) is 21.6. The van der Waals surface area contributed by atoms with E-state index in [-0.39, 0.29) is 5.91 Å². The maximum absolute atomic E-state index is 12.2. The molecule has 4 aromatic rings. The quantitative estimate of drug-likeness (QED) is 0.287. The zero-order valence-corrected chi connectivity index (χ0v) is 21.6. The Morgan fingerprint density at radius 1 is 1.24 bits per heavy atom. The Morgan fingerprint density at radius 3 is 2.92 bits per heavy atom. The van der Waals surface area contributed by atoms with Crippen LogP contribution in [0.15, 0.2) is 61.4 Å². The smallest absolute Gasteiger partial charge is 0.247 e. The number of nitrogens with one attached hydrogen (secondary N) is 3. The Hall–Kier alpha value is -4.17. The Morgan fingerprint density at radius 2 is 2.11 bits per heavy atom. The van der Waals surface area contributed by atoms with Crippen molar-refractivity contribution in [3.63, 3.8) is 0 Å². The lowest BCUT2D eigenvalue weighted by molar-refractivity contribution is -0.111. The molecule has 190 valence electrons. The van der Waals surface area contributed by atoms with E-state index in [1.807, 2.05) is 33.2 Å². The highest BCUT2D eigenvalue weighted by Crippen LogP contribution is 2.36. The van der Waals surface area contributed by atoms with Gasteiger partial charge >= 0.3 is 0 Å². The van der Waals surface area contributed by atoms with Crippen LogP contribution in [-0.4, -0.2) is 47.6 Å². The van der Waals surface area contributed by atoms with Crippen LogP contribution in [0.1, 0.15) is 17.5 Å². The van der Waals surface area contributed by atoms with Crippen molar-refractivity contribution < 1.29 is 4.79 Å². The van der Waals surface area contributed by atoms with Gasteiger partial charge in [-0.05, 0) is 62.2 Å². The van der Waals surface area contributed by atoms with E-state index in [4.69, 9.17) is 4.98 Å². The van der Waals surface area contributed by atoms with Crippen LogP contribution in [0, 0.1) is 6.92 Å². The molecule has 3 N–H and O–H groups in total. The lowest BCUT2D eigenvalue weighted by atomic mass is 10.0. The molecule has 0 fully saturated rings. The van der Waals surface area contributed by atoms with Crippen molar-refractivity contribution in [2.75, 3.05) is 42.7 Å². The first-order valence-corrected chi connectivity index (χ1v) is 12.6. The summed E-state index contributed by atoms with van der Waals surface area (Å²) in [5.41, 5.74) is 8.16. The summed E-state index contributed by atoms with van der Waals surface area (Å²) in [4.78, 5) is 23.7. The van der Waals surface area contributed by atoms with E-state index < -0.39 is 0 Å². The van der Waals surface area contributed by atoms with Crippen molar-refractivity contribution in [2.45, 2.75) is 26.3 Å². The summed E-state index contributed by atoms with van der Waals surface area (Å²) in [5.74, 6) is 0.245. The van der Waals surface area contributed by atoms with Crippen molar-refractivity contribution in [2.24, 2.45) is 0 Å². The first-order valence-electron chi connectivity index (χ1n) is 12.6. The molecule has 0 atom stereocenters. The second kappa shape index (κ2) is 10.4. The molecule has 2 aromatic carbocycles. The Bertz CT molecular complexity index is 1470. The molecule has 0 radical (unpaired) electrons. The number of aryl methyl sites for hydroxylation is 3. The van der Waals surface area contributed by atoms with Crippen LogP contribution >= 0.6 is 0 Å². The molecule has 1 amide bonds. The molecule has 1 aliphatic heterocycles. The second-order valence-electron chi connectivity index (χ2n) is 9.45. The molecule has 8 heteroatoms. The molecule has 8 nitrogen and oxygen atoms in total. The SMILES string of the molecule is C=CC(=O)Nc1cc(Nc2nccc(-c3cn4c5c(cccc35)CCC4)n2)c(C)cc1N(C)CCNC. The largest absolute Gasteiger partial charge is 0.372 e. The van der Waals surface area contributed by atoms with Gasteiger partial charge in [0.2, 0.25) is 11.9 Å². The number of nitrogens with zero attached hydrogens (tertiary/aromatic N) is 4. The monoisotopic (exact) mass is 495 g/mol. The Kier molecular flexibility index (Phi) is 6.92. The van der Waals surface area contributed by atoms with E-state index in [1.54, 1.807) is 6.20 Å². The van der Waals surface area contributed by atoms with Gasteiger partial charge in [0.15, 0.2) is 0 Å². The molecule has 1 aliphatic rings. The van der Waals surface area contributed by atoms with E-state index in [0.717, 1.165) is 60.7 Å². The third-order valence-corrected chi connectivity index (χ3v) is 6.90. The van der Waals surface area contributed by atoms with Gasteiger partial charge in [-0.25, -0.2) is 9.97 Å². The summed E-state index contributed by atoms with van der Waals surface area (Å²) in [5, 5.41) is 10.7. The summed E-state index contributed by atoms with van der Waals surface area (Å²) < 4.78 is 2.35. The van der Waals surface area contributed by atoms with Gasteiger partial charge in [-0.15, -0.1) is 0 Å². The molecule has 0 unspecified atom stereocenters. The maximum Gasteiger partial charge on any atom is 0.247 e. The van der Waals surface area contributed by atoms with Gasteiger partial charge in [-0.2, -0.15) is 0 Å². The van der Waals surface area contributed by atoms with E-state index in [0.29, 0.717) is 11.6 Å². The van der Waals surface area contributed by atoms with Crippen molar-refractivity contribution in [1.82, 2.24) is 19.9 Å². The average Bonchev–Trinajstić information content (AvgIpc) is 3.29. The first-order chi connectivity index (χ1) is 18.0. The van der Waals surface area contributed by atoms with Crippen molar-refractivity contribution >= 4 is 39.8 Å². The number of rotatable bonds is 9. The molecule has 0 saturated heterocycles. The maximum atomic E-state index is 12.2. The fraction of sp³-hybridized carbons (Fsp3) is 0.276. The van der Waals surface area contributed by atoms with Gasteiger partial charge in [0.25, 0.3) is 0 Å². The normalized spacial score (nSPS) is 12.4. The molecule has 0 aliphatic carbocycles. The number of benzene rings is 2.